The van der Waals surface area contributed by atoms with Crippen LogP contribution in [0, 0.1) is 5.92 Å². The average Bonchev–Trinajstić information content (AvgIpc) is 2.67. The third-order valence-electron chi connectivity index (χ3n) is 5.49. The third-order valence-corrected chi connectivity index (χ3v) is 5.49. The number of carbonyl (C=O) groups excluding carboxylic acids is 2. The minimum Gasteiger partial charge on any atom is -0.376 e. The second kappa shape index (κ2) is 9.74. The highest BCUT2D eigenvalue weighted by Crippen LogP contribution is 2.26. The van der Waals surface area contributed by atoms with Crippen molar-refractivity contribution in [2.45, 2.75) is 58.0 Å². The summed E-state index contributed by atoms with van der Waals surface area (Å²) in [5.41, 5.74) is 1.53. The largest absolute Gasteiger partial charge is 0.376 e. The number of benzene rings is 1. The van der Waals surface area contributed by atoms with Gasteiger partial charge in [-0.1, -0.05) is 25.8 Å². The highest BCUT2D eigenvalue weighted by Gasteiger charge is 2.22. The lowest BCUT2D eigenvalue weighted by atomic mass is 9.88. The fraction of sp³-hybridized carbons (Fsp3) is 0.619. The van der Waals surface area contributed by atoms with Gasteiger partial charge in [0.25, 0.3) is 0 Å². The number of hydrogen-bond donors (Lipinski definition) is 2. The lowest BCUT2D eigenvalue weighted by molar-refractivity contribution is -0.119. The molecule has 1 saturated carbocycles. The lowest BCUT2D eigenvalue weighted by Gasteiger charge is -2.28. The van der Waals surface area contributed by atoms with Crippen LogP contribution in [0.3, 0.4) is 0 Å². The smallest absolute Gasteiger partial charge is 0.319 e. The van der Waals surface area contributed by atoms with Gasteiger partial charge in [0.05, 0.1) is 12.7 Å². The SMILES string of the molecule is C[C@H]1CCCC[C@@H]1OCCNC(=O)Nc1cccc(N2CCCCC2=O)c1. The lowest BCUT2D eigenvalue weighted by Crippen LogP contribution is -2.35. The normalized spacial score (nSPS) is 23.1. The van der Waals surface area contributed by atoms with E-state index in [1.54, 1.807) is 4.90 Å². The fourth-order valence-electron chi connectivity index (χ4n) is 3.91. The van der Waals surface area contributed by atoms with Gasteiger partial charge >= 0.3 is 6.03 Å². The summed E-state index contributed by atoms with van der Waals surface area (Å²) in [5, 5.41) is 5.68. The monoisotopic (exact) mass is 373 g/mol. The Balaban J connectivity index is 1.42. The van der Waals surface area contributed by atoms with E-state index in [2.05, 4.69) is 17.6 Å². The van der Waals surface area contributed by atoms with Gasteiger partial charge in [0.2, 0.25) is 5.91 Å². The van der Waals surface area contributed by atoms with Gasteiger partial charge in [0.15, 0.2) is 0 Å². The van der Waals surface area contributed by atoms with Crippen molar-refractivity contribution in [1.82, 2.24) is 5.32 Å². The van der Waals surface area contributed by atoms with E-state index in [4.69, 9.17) is 4.74 Å². The molecule has 27 heavy (non-hydrogen) atoms. The van der Waals surface area contributed by atoms with Crippen molar-refractivity contribution in [3.8, 4) is 0 Å². The standard InChI is InChI=1S/C21H31N3O3/c1-16-7-2-3-10-19(16)27-14-12-22-21(26)23-17-8-6-9-18(15-17)24-13-5-4-11-20(24)25/h6,8-9,15-16,19H,2-5,7,10-14H2,1H3,(H2,22,23,26)/t16-,19-/m0/s1. The van der Waals surface area contributed by atoms with Crippen LogP contribution in [-0.2, 0) is 9.53 Å². The van der Waals surface area contributed by atoms with E-state index < -0.39 is 0 Å². The molecule has 2 N–H and O–H groups in total. The van der Waals surface area contributed by atoms with Crippen LogP contribution < -0.4 is 15.5 Å². The van der Waals surface area contributed by atoms with E-state index in [1.165, 1.54) is 19.3 Å². The van der Waals surface area contributed by atoms with E-state index in [0.29, 0.717) is 37.3 Å². The van der Waals surface area contributed by atoms with Crippen molar-refractivity contribution in [2.75, 3.05) is 29.9 Å². The van der Waals surface area contributed by atoms with E-state index in [1.807, 2.05) is 24.3 Å². The maximum absolute atomic E-state index is 12.1. The highest BCUT2D eigenvalue weighted by atomic mass is 16.5. The molecule has 1 aromatic rings. The molecule has 1 aliphatic heterocycles. The van der Waals surface area contributed by atoms with Gasteiger partial charge in [0, 0.05) is 30.9 Å². The molecule has 1 heterocycles. The summed E-state index contributed by atoms with van der Waals surface area (Å²) in [7, 11) is 0. The number of amides is 3. The molecule has 3 amide bonds. The molecule has 148 valence electrons. The number of piperidine rings is 1. The molecule has 1 aliphatic carbocycles. The number of anilines is 2. The second-order valence-electron chi connectivity index (χ2n) is 7.60. The first kappa shape index (κ1) is 19.7. The Hall–Kier alpha value is -2.08. The summed E-state index contributed by atoms with van der Waals surface area (Å²) in [6, 6.07) is 7.20. The second-order valence-corrected chi connectivity index (χ2v) is 7.60. The third kappa shape index (κ3) is 5.70. The van der Waals surface area contributed by atoms with Crippen molar-refractivity contribution in [1.29, 1.82) is 0 Å². The van der Waals surface area contributed by atoms with E-state index in [0.717, 1.165) is 31.5 Å². The molecule has 1 saturated heterocycles. The van der Waals surface area contributed by atoms with Crippen molar-refractivity contribution in [3.05, 3.63) is 24.3 Å². The average molecular weight is 373 g/mol. The number of rotatable bonds is 6. The molecule has 2 aliphatic rings. The molecule has 6 nitrogen and oxygen atoms in total. The number of ether oxygens (including phenoxy) is 1. The zero-order chi connectivity index (χ0) is 19.1. The maximum Gasteiger partial charge on any atom is 0.319 e. The van der Waals surface area contributed by atoms with Gasteiger partial charge in [-0.15, -0.1) is 0 Å². The van der Waals surface area contributed by atoms with Crippen LogP contribution >= 0.6 is 0 Å². The first-order chi connectivity index (χ1) is 13.1. The minimum absolute atomic E-state index is 0.150. The molecule has 1 aromatic carbocycles. The van der Waals surface area contributed by atoms with Crippen LogP contribution in [-0.4, -0.2) is 37.7 Å². The van der Waals surface area contributed by atoms with Crippen molar-refractivity contribution in [3.63, 3.8) is 0 Å². The zero-order valence-corrected chi connectivity index (χ0v) is 16.2. The first-order valence-corrected chi connectivity index (χ1v) is 10.2. The van der Waals surface area contributed by atoms with Gasteiger partial charge in [-0.25, -0.2) is 4.79 Å². The van der Waals surface area contributed by atoms with Crippen LogP contribution in [0.4, 0.5) is 16.2 Å². The Bertz CT molecular complexity index is 649. The Morgan fingerprint density at radius 1 is 1.22 bits per heavy atom. The summed E-state index contributed by atoms with van der Waals surface area (Å²) in [6.07, 6.45) is 7.77. The van der Waals surface area contributed by atoms with Crippen LogP contribution in [0.15, 0.2) is 24.3 Å². The van der Waals surface area contributed by atoms with Crippen LogP contribution in [0.2, 0.25) is 0 Å². The van der Waals surface area contributed by atoms with E-state index in [-0.39, 0.29) is 11.9 Å². The van der Waals surface area contributed by atoms with E-state index in [9.17, 15) is 9.59 Å². The number of nitrogens with one attached hydrogen (secondary N) is 2. The molecule has 2 fully saturated rings. The van der Waals surface area contributed by atoms with Gasteiger partial charge in [-0.2, -0.15) is 0 Å². The number of hydrogen-bond acceptors (Lipinski definition) is 3. The Morgan fingerprint density at radius 2 is 2.07 bits per heavy atom. The molecule has 0 unspecified atom stereocenters. The topological polar surface area (TPSA) is 70.7 Å². The molecule has 0 bridgehead atoms. The summed E-state index contributed by atoms with van der Waals surface area (Å²) in [5.74, 6) is 0.754. The van der Waals surface area contributed by atoms with E-state index >= 15 is 0 Å². The molecular formula is C21H31N3O3. The van der Waals surface area contributed by atoms with Crippen LogP contribution in [0.5, 0.6) is 0 Å². The van der Waals surface area contributed by atoms with Gasteiger partial charge in [0.1, 0.15) is 0 Å². The molecule has 3 rings (SSSR count). The molecule has 0 radical (unpaired) electrons. The summed E-state index contributed by atoms with van der Waals surface area (Å²) < 4.78 is 5.92. The van der Waals surface area contributed by atoms with Crippen molar-refractivity contribution >= 4 is 23.3 Å². The van der Waals surface area contributed by atoms with Gasteiger partial charge in [-0.05, 0) is 49.8 Å². The Kier molecular flexibility index (Phi) is 7.10. The van der Waals surface area contributed by atoms with Crippen LogP contribution in [0.1, 0.15) is 51.9 Å². The summed E-state index contributed by atoms with van der Waals surface area (Å²) in [6.45, 7) is 4.00. The Labute approximate surface area is 161 Å². The molecule has 6 heteroatoms. The minimum atomic E-state index is -0.252. The number of carbonyl (C=O) groups is 2. The molecular weight excluding hydrogens is 342 g/mol. The number of urea groups is 1. The van der Waals surface area contributed by atoms with Crippen LogP contribution in [0.25, 0.3) is 0 Å². The molecule has 0 aromatic heterocycles. The van der Waals surface area contributed by atoms with Gasteiger partial charge in [-0.3, -0.25) is 4.79 Å². The van der Waals surface area contributed by atoms with Crippen molar-refractivity contribution < 1.29 is 14.3 Å². The highest BCUT2D eigenvalue weighted by molar-refractivity contribution is 5.95. The summed E-state index contributed by atoms with van der Waals surface area (Å²) in [4.78, 5) is 26.0. The quantitative estimate of drug-likeness (QED) is 0.743. The predicted octanol–water partition coefficient (Wildman–Crippen LogP) is 3.92. The Morgan fingerprint density at radius 3 is 2.89 bits per heavy atom. The maximum atomic E-state index is 12.1. The zero-order valence-electron chi connectivity index (χ0n) is 16.2. The summed E-state index contributed by atoms with van der Waals surface area (Å²) >= 11 is 0. The fourth-order valence-corrected chi connectivity index (χ4v) is 3.91. The van der Waals surface area contributed by atoms with Crippen molar-refractivity contribution in [2.24, 2.45) is 5.92 Å². The number of nitrogens with zero attached hydrogens (tertiary/aromatic N) is 1. The molecule has 2 atom stereocenters. The first-order valence-electron chi connectivity index (χ1n) is 10.2. The molecule has 0 spiro atoms. The predicted molar refractivity (Wildman–Crippen MR) is 107 cm³/mol. The van der Waals surface area contributed by atoms with Gasteiger partial charge < -0.3 is 20.3 Å².